The molecule has 0 aromatic heterocycles. The number of dihydropyridines is 1. The number of nitriles is 1. The van der Waals surface area contributed by atoms with Crippen molar-refractivity contribution in [3.8, 4) is 6.07 Å². The van der Waals surface area contributed by atoms with Crippen molar-refractivity contribution in [2.45, 2.75) is 66.1 Å². The molecule has 0 bridgehead atoms. The summed E-state index contributed by atoms with van der Waals surface area (Å²) in [5, 5.41) is 12.8. The molecule has 1 aliphatic heterocycles. The number of allylic oxidation sites excluding steroid dienone is 2. The Kier molecular flexibility index (Phi) is 8.08. The average Bonchev–Trinajstić information content (AvgIpc) is 2.69. The van der Waals surface area contributed by atoms with Gasteiger partial charge in [-0.2, -0.15) is 5.26 Å². The monoisotopic (exact) mass is 428 g/mol. The van der Waals surface area contributed by atoms with Gasteiger partial charge in [0.05, 0.1) is 35.2 Å². The fourth-order valence-corrected chi connectivity index (χ4v) is 3.12. The van der Waals surface area contributed by atoms with E-state index in [1.165, 1.54) is 0 Å². The highest BCUT2D eigenvalue weighted by Gasteiger charge is 2.37. The zero-order chi connectivity index (χ0) is 23.1. The molecule has 0 saturated carbocycles. The standard InChI is InChI=1S/C23H28N2O6/c1-7-18-21(31-23(27)29-14(4)5)19(17-11-9-8-10-16(17)12-24)20(15(6)25-18)30-22(26)28-13(2)3/h8-11,13-14,19,25H,7H2,1-6H3. The van der Waals surface area contributed by atoms with Crippen molar-refractivity contribution in [3.05, 3.63) is 58.3 Å². The third-order valence-electron chi connectivity index (χ3n) is 4.33. The Morgan fingerprint density at radius 3 is 2.10 bits per heavy atom. The van der Waals surface area contributed by atoms with Gasteiger partial charge in [-0.25, -0.2) is 9.59 Å². The molecule has 1 atom stereocenters. The number of hydrogen-bond acceptors (Lipinski definition) is 8. The van der Waals surface area contributed by atoms with Gasteiger partial charge in [0.15, 0.2) is 0 Å². The van der Waals surface area contributed by atoms with Gasteiger partial charge >= 0.3 is 12.3 Å². The van der Waals surface area contributed by atoms with Gasteiger partial charge in [-0.3, -0.25) is 0 Å². The molecule has 0 amide bonds. The Bertz CT molecular complexity index is 940. The predicted octanol–water partition coefficient (Wildman–Crippen LogP) is 5.22. The third kappa shape index (κ3) is 6.01. The number of benzene rings is 1. The smallest absolute Gasteiger partial charge is 0.431 e. The van der Waals surface area contributed by atoms with Crippen LogP contribution in [0.1, 0.15) is 65.0 Å². The van der Waals surface area contributed by atoms with Gasteiger partial charge in [0.1, 0.15) is 17.4 Å². The van der Waals surface area contributed by atoms with E-state index in [4.69, 9.17) is 18.9 Å². The summed E-state index contributed by atoms with van der Waals surface area (Å²) in [6.07, 6.45) is -2.05. The molecule has 1 heterocycles. The van der Waals surface area contributed by atoms with Gasteiger partial charge in [-0.15, -0.1) is 0 Å². The van der Waals surface area contributed by atoms with Crippen LogP contribution in [0.25, 0.3) is 0 Å². The molecule has 0 aliphatic carbocycles. The predicted molar refractivity (Wildman–Crippen MR) is 112 cm³/mol. The molecule has 1 aliphatic rings. The number of carbonyl (C=O) groups is 2. The highest BCUT2D eigenvalue weighted by Crippen LogP contribution is 2.41. The lowest BCUT2D eigenvalue weighted by molar-refractivity contribution is 0.0399. The molecule has 0 radical (unpaired) electrons. The van der Waals surface area contributed by atoms with Crippen LogP contribution in [0, 0.1) is 11.3 Å². The molecule has 166 valence electrons. The van der Waals surface area contributed by atoms with Gasteiger partial charge in [0.2, 0.25) is 0 Å². The lowest BCUT2D eigenvalue weighted by Gasteiger charge is -2.31. The van der Waals surface area contributed by atoms with Crippen molar-refractivity contribution in [1.82, 2.24) is 5.32 Å². The Morgan fingerprint density at radius 2 is 1.58 bits per heavy atom. The second kappa shape index (κ2) is 10.5. The first-order valence-electron chi connectivity index (χ1n) is 10.1. The Labute approximate surface area is 182 Å². The van der Waals surface area contributed by atoms with Crippen LogP contribution < -0.4 is 5.32 Å². The van der Waals surface area contributed by atoms with E-state index in [1.807, 2.05) is 6.92 Å². The van der Waals surface area contributed by atoms with Crippen molar-refractivity contribution < 1.29 is 28.5 Å². The molecule has 1 aromatic rings. The summed E-state index contributed by atoms with van der Waals surface area (Å²) in [5.74, 6) is -0.446. The van der Waals surface area contributed by atoms with Crippen molar-refractivity contribution in [3.63, 3.8) is 0 Å². The molecule has 0 fully saturated rings. The number of nitrogens with one attached hydrogen (secondary N) is 1. The molecule has 2 rings (SSSR count). The molecule has 0 saturated heterocycles. The number of rotatable bonds is 6. The van der Waals surface area contributed by atoms with E-state index in [0.29, 0.717) is 28.9 Å². The second-order valence-corrected chi connectivity index (χ2v) is 7.48. The van der Waals surface area contributed by atoms with Crippen LogP contribution in [0.3, 0.4) is 0 Å². The van der Waals surface area contributed by atoms with Crippen molar-refractivity contribution in [2.24, 2.45) is 0 Å². The lowest BCUT2D eigenvalue weighted by Crippen LogP contribution is -2.31. The van der Waals surface area contributed by atoms with Crippen LogP contribution in [0.5, 0.6) is 0 Å². The van der Waals surface area contributed by atoms with Crippen molar-refractivity contribution >= 4 is 12.3 Å². The van der Waals surface area contributed by atoms with Gasteiger partial charge in [-0.05, 0) is 52.7 Å². The first-order valence-corrected chi connectivity index (χ1v) is 10.1. The summed E-state index contributed by atoms with van der Waals surface area (Å²) in [4.78, 5) is 24.7. The first kappa shape index (κ1) is 23.8. The van der Waals surface area contributed by atoms with E-state index >= 15 is 0 Å². The molecule has 1 unspecified atom stereocenters. The largest absolute Gasteiger partial charge is 0.513 e. The molecule has 8 heteroatoms. The fourth-order valence-electron chi connectivity index (χ4n) is 3.12. The topological polar surface area (TPSA) is 107 Å². The van der Waals surface area contributed by atoms with Crippen molar-refractivity contribution in [1.29, 1.82) is 5.26 Å². The number of carbonyl (C=O) groups excluding carboxylic acids is 2. The highest BCUT2D eigenvalue weighted by atomic mass is 16.7. The van der Waals surface area contributed by atoms with Crippen LogP contribution in [0.15, 0.2) is 47.2 Å². The van der Waals surface area contributed by atoms with E-state index in [2.05, 4.69) is 11.4 Å². The van der Waals surface area contributed by atoms with Crippen LogP contribution in [0.4, 0.5) is 9.59 Å². The minimum Gasteiger partial charge on any atom is -0.431 e. The number of ether oxygens (including phenoxy) is 4. The summed E-state index contributed by atoms with van der Waals surface area (Å²) >= 11 is 0. The number of hydrogen-bond donors (Lipinski definition) is 1. The van der Waals surface area contributed by atoms with Crippen LogP contribution in [-0.2, 0) is 18.9 Å². The van der Waals surface area contributed by atoms with Crippen LogP contribution in [-0.4, -0.2) is 24.5 Å². The minimum absolute atomic E-state index is 0.179. The molecule has 1 N–H and O–H groups in total. The quantitative estimate of drug-likeness (QED) is 0.615. The van der Waals surface area contributed by atoms with E-state index in [1.54, 1.807) is 58.9 Å². The third-order valence-corrected chi connectivity index (χ3v) is 4.33. The fraction of sp³-hybridized carbons (Fsp3) is 0.435. The highest BCUT2D eigenvalue weighted by molar-refractivity contribution is 5.66. The molecular formula is C23H28N2O6. The maximum Gasteiger partial charge on any atom is 0.513 e. The van der Waals surface area contributed by atoms with E-state index < -0.39 is 18.2 Å². The molecular weight excluding hydrogens is 400 g/mol. The van der Waals surface area contributed by atoms with E-state index in [0.717, 1.165) is 0 Å². The van der Waals surface area contributed by atoms with E-state index in [9.17, 15) is 14.9 Å². The molecule has 31 heavy (non-hydrogen) atoms. The average molecular weight is 428 g/mol. The minimum atomic E-state index is -0.894. The SMILES string of the molecule is CCC1=C(OC(=O)OC(C)C)C(c2ccccc2C#N)C(OC(=O)OC(C)C)=C(C)N1. The summed E-state index contributed by atoms with van der Waals surface area (Å²) in [5.41, 5.74) is 2.03. The van der Waals surface area contributed by atoms with Gasteiger partial charge < -0.3 is 24.3 Å². The van der Waals surface area contributed by atoms with E-state index in [-0.39, 0.29) is 23.7 Å². The van der Waals surface area contributed by atoms with Crippen LogP contribution >= 0.6 is 0 Å². The summed E-state index contributed by atoms with van der Waals surface area (Å²) in [7, 11) is 0. The van der Waals surface area contributed by atoms with Gasteiger partial charge in [0, 0.05) is 0 Å². The Balaban J connectivity index is 2.60. The summed E-state index contributed by atoms with van der Waals surface area (Å²) < 4.78 is 21.4. The zero-order valence-electron chi connectivity index (χ0n) is 18.6. The second-order valence-electron chi connectivity index (χ2n) is 7.48. The Morgan fingerprint density at radius 1 is 1.03 bits per heavy atom. The van der Waals surface area contributed by atoms with Gasteiger partial charge in [-0.1, -0.05) is 25.1 Å². The molecule has 1 aromatic carbocycles. The summed E-state index contributed by atoms with van der Waals surface area (Å²) in [6, 6.07) is 9.00. The zero-order valence-corrected chi connectivity index (χ0v) is 18.6. The van der Waals surface area contributed by atoms with Crippen LogP contribution in [0.2, 0.25) is 0 Å². The normalized spacial score (nSPS) is 16.0. The first-order chi connectivity index (χ1) is 14.7. The molecule has 0 spiro atoms. The maximum atomic E-state index is 12.4. The van der Waals surface area contributed by atoms with Crippen molar-refractivity contribution in [2.75, 3.05) is 0 Å². The number of nitrogens with zero attached hydrogens (tertiary/aromatic N) is 1. The Hall–Kier alpha value is -3.47. The van der Waals surface area contributed by atoms with Gasteiger partial charge in [0.25, 0.3) is 0 Å². The lowest BCUT2D eigenvalue weighted by atomic mass is 9.87. The maximum absolute atomic E-state index is 12.4. The molecule has 8 nitrogen and oxygen atoms in total. The summed E-state index contributed by atoms with van der Waals surface area (Å²) in [6.45, 7) is 10.4.